The number of rotatable bonds is 8. The molecule has 2 heterocycles. The molecule has 0 aliphatic carbocycles. The monoisotopic (exact) mass is 372 g/mol. The van der Waals surface area contributed by atoms with Crippen molar-refractivity contribution >= 4 is 28.3 Å². The molecule has 136 valence electrons. The first kappa shape index (κ1) is 17.9. The zero-order chi connectivity index (χ0) is 18.4. The molecular weight excluding hydrogens is 352 g/mol. The van der Waals surface area contributed by atoms with E-state index in [4.69, 9.17) is 5.11 Å². The summed E-state index contributed by atoms with van der Waals surface area (Å²) >= 11 is 1.53. The molecule has 0 saturated heterocycles. The van der Waals surface area contributed by atoms with Crippen molar-refractivity contribution in [3.05, 3.63) is 59.4 Å². The van der Waals surface area contributed by atoms with E-state index in [1.54, 1.807) is 0 Å². The molecule has 1 aromatic carbocycles. The van der Waals surface area contributed by atoms with Crippen LogP contribution in [-0.4, -0.2) is 32.5 Å². The van der Waals surface area contributed by atoms with Gasteiger partial charge in [0.1, 0.15) is 0 Å². The molecule has 0 aliphatic rings. The highest BCUT2D eigenvalue weighted by Gasteiger charge is 2.15. The number of thiazole rings is 1. The van der Waals surface area contributed by atoms with E-state index in [9.17, 15) is 9.59 Å². The molecule has 0 bridgehead atoms. The van der Waals surface area contributed by atoms with E-state index >= 15 is 0 Å². The average Bonchev–Trinajstić information content (AvgIpc) is 3.20. The van der Waals surface area contributed by atoms with Gasteiger partial charge in [0.2, 0.25) is 0 Å². The summed E-state index contributed by atoms with van der Waals surface area (Å²) in [4.78, 5) is 28.4. The normalized spacial score (nSPS) is 12.0. The molecule has 0 spiro atoms. The number of carbonyl (C=O) groups excluding carboxylic acids is 1. The minimum atomic E-state index is -0.872. The smallest absolute Gasteiger partial charge is 0.315 e. The molecule has 8 heteroatoms. The van der Waals surface area contributed by atoms with Crippen LogP contribution in [0.15, 0.2) is 48.1 Å². The van der Waals surface area contributed by atoms with Crippen LogP contribution in [0, 0.1) is 0 Å². The molecule has 3 N–H and O–H groups in total. The van der Waals surface area contributed by atoms with Gasteiger partial charge in [-0.1, -0.05) is 30.3 Å². The van der Waals surface area contributed by atoms with Gasteiger partial charge in [-0.3, -0.25) is 9.20 Å². The Morgan fingerprint density at radius 1 is 1.27 bits per heavy atom. The Bertz CT molecular complexity index is 846. The number of hydrogen-bond acceptors (Lipinski definition) is 4. The quantitative estimate of drug-likeness (QED) is 0.566. The van der Waals surface area contributed by atoms with Crippen LogP contribution in [0.4, 0.5) is 4.79 Å². The maximum absolute atomic E-state index is 12.2. The van der Waals surface area contributed by atoms with E-state index in [1.807, 2.05) is 52.5 Å². The Labute approximate surface area is 154 Å². The van der Waals surface area contributed by atoms with Crippen LogP contribution in [0.1, 0.15) is 24.1 Å². The van der Waals surface area contributed by atoms with Gasteiger partial charge in [0.05, 0.1) is 12.2 Å². The second kappa shape index (κ2) is 8.48. The third-order valence-corrected chi connectivity index (χ3v) is 4.71. The maximum Gasteiger partial charge on any atom is 0.315 e. The van der Waals surface area contributed by atoms with E-state index in [-0.39, 0.29) is 18.5 Å². The number of hydrogen-bond donors (Lipinski definition) is 3. The minimum Gasteiger partial charge on any atom is -0.481 e. The Balaban J connectivity index is 1.54. The van der Waals surface area contributed by atoms with Crippen molar-refractivity contribution in [2.24, 2.45) is 0 Å². The van der Waals surface area contributed by atoms with E-state index in [0.717, 1.165) is 16.2 Å². The molecule has 3 aromatic rings. The number of nitrogens with zero attached hydrogens (tertiary/aromatic N) is 2. The number of benzene rings is 1. The SMILES string of the molecule is O=C(O)CCC(Cc1ccccc1)NC(=O)NCc1cn2ccsc2n1. The molecule has 3 rings (SSSR count). The summed E-state index contributed by atoms with van der Waals surface area (Å²) in [5, 5.41) is 16.5. The number of amides is 2. The molecule has 1 unspecified atom stereocenters. The maximum atomic E-state index is 12.2. The van der Waals surface area contributed by atoms with Crippen molar-refractivity contribution in [3.63, 3.8) is 0 Å². The average molecular weight is 372 g/mol. The highest BCUT2D eigenvalue weighted by atomic mass is 32.1. The highest BCUT2D eigenvalue weighted by molar-refractivity contribution is 7.15. The Morgan fingerprint density at radius 2 is 2.08 bits per heavy atom. The van der Waals surface area contributed by atoms with Crippen molar-refractivity contribution < 1.29 is 14.7 Å². The molecular formula is C18H20N4O3S. The van der Waals surface area contributed by atoms with Crippen LogP contribution in [0.2, 0.25) is 0 Å². The van der Waals surface area contributed by atoms with Crippen LogP contribution < -0.4 is 10.6 Å². The third kappa shape index (κ3) is 5.06. The van der Waals surface area contributed by atoms with Crippen LogP contribution >= 0.6 is 11.3 Å². The Kier molecular flexibility index (Phi) is 5.85. The van der Waals surface area contributed by atoms with Crippen molar-refractivity contribution in [1.29, 1.82) is 0 Å². The lowest BCUT2D eigenvalue weighted by Crippen LogP contribution is -2.43. The lowest BCUT2D eigenvalue weighted by Gasteiger charge is -2.18. The van der Waals surface area contributed by atoms with Crippen molar-refractivity contribution in [2.75, 3.05) is 0 Å². The number of carboxylic acid groups (broad SMARTS) is 1. The van der Waals surface area contributed by atoms with E-state index < -0.39 is 5.97 Å². The Hall–Kier alpha value is -2.87. The van der Waals surface area contributed by atoms with Crippen molar-refractivity contribution in [2.45, 2.75) is 31.8 Å². The topological polar surface area (TPSA) is 95.7 Å². The molecule has 0 aliphatic heterocycles. The number of imidazole rings is 1. The van der Waals surface area contributed by atoms with Gasteiger partial charge in [-0.05, 0) is 18.4 Å². The van der Waals surface area contributed by atoms with E-state index in [1.165, 1.54) is 11.3 Å². The first-order valence-electron chi connectivity index (χ1n) is 8.31. The largest absolute Gasteiger partial charge is 0.481 e. The number of aromatic nitrogens is 2. The van der Waals surface area contributed by atoms with Gasteiger partial charge in [0.15, 0.2) is 4.96 Å². The van der Waals surface area contributed by atoms with Crippen molar-refractivity contribution in [1.82, 2.24) is 20.0 Å². The lowest BCUT2D eigenvalue weighted by atomic mass is 10.0. The van der Waals surface area contributed by atoms with Crippen LogP contribution in [0.5, 0.6) is 0 Å². The molecule has 1 atom stereocenters. The molecule has 0 fully saturated rings. The zero-order valence-electron chi connectivity index (χ0n) is 14.1. The highest BCUT2D eigenvalue weighted by Crippen LogP contribution is 2.11. The summed E-state index contributed by atoms with van der Waals surface area (Å²) in [6, 6.07) is 9.12. The summed E-state index contributed by atoms with van der Waals surface area (Å²) < 4.78 is 1.91. The zero-order valence-corrected chi connectivity index (χ0v) is 14.9. The predicted molar refractivity (Wildman–Crippen MR) is 99.2 cm³/mol. The number of aliphatic carboxylic acids is 1. The number of carbonyl (C=O) groups is 2. The van der Waals surface area contributed by atoms with Gasteiger partial charge in [-0.15, -0.1) is 11.3 Å². The number of nitrogens with one attached hydrogen (secondary N) is 2. The lowest BCUT2D eigenvalue weighted by molar-refractivity contribution is -0.137. The van der Waals surface area contributed by atoms with Crippen molar-refractivity contribution in [3.8, 4) is 0 Å². The summed E-state index contributed by atoms with van der Waals surface area (Å²) in [5.41, 5.74) is 1.83. The fraction of sp³-hybridized carbons (Fsp3) is 0.278. The second-order valence-corrected chi connectivity index (χ2v) is 6.84. The predicted octanol–water partition coefficient (Wildman–Crippen LogP) is 2.67. The number of urea groups is 1. The van der Waals surface area contributed by atoms with Gasteiger partial charge in [0.25, 0.3) is 0 Å². The van der Waals surface area contributed by atoms with Gasteiger partial charge in [-0.2, -0.15) is 0 Å². The van der Waals surface area contributed by atoms with Gasteiger partial charge in [-0.25, -0.2) is 9.78 Å². The second-order valence-electron chi connectivity index (χ2n) is 5.97. The standard InChI is InChI=1S/C18H20N4O3S/c23-16(24)7-6-14(10-13-4-2-1-3-5-13)20-17(25)19-11-15-12-22-8-9-26-18(22)21-15/h1-5,8-9,12,14H,6-7,10-11H2,(H,23,24)(H2,19,20,25). The van der Waals surface area contributed by atoms with E-state index in [2.05, 4.69) is 15.6 Å². The van der Waals surface area contributed by atoms with Crippen LogP contribution in [-0.2, 0) is 17.8 Å². The fourth-order valence-corrected chi connectivity index (χ4v) is 3.41. The fourth-order valence-electron chi connectivity index (χ4n) is 2.69. The van der Waals surface area contributed by atoms with Gasteiger partial charge >= 0.3 is 12.0 Å². The third-order valence-electron chi connectivity index (χ3n) is 3.94. The van der Waals surface area contributed by atoms with Crippen LogP contribution in [0.3, 0.4) is 0 Å². The number of fused-ring (bicyclic) bond motifs is 1. The summed E-state index contributed by atoms with van der Waals surface area (Å²) in [5.74, 6) is -0.872. The first-order valence-corrected chi connectivity index (χ1v) is 9.19. The molecule has 0 radical (unpaired) electrons. The van der Waals surface area contributed by atoms with E-state index in [0.29, 0.717) is 19.4 Å². The minimum absolute atomic E-state index is 0.00903. The molecule has 26 heavy (non-hydrogen) atoms. The summed E-state index contributed by atoms with van der Waals surface area (Å²) in [7, 11) is 0. The van der Waals surface area contributed by atoms with Gasteiger partial charge < -0.3 is 15.7 Å². The van der Waals surface area contributed by atoms with Crippen LogP contribution in [0.25, 0.3) is 4.96 Å². The number of carboxylic acids is 1. The summed E-state index contributed by atoms with van der Waals surface area (Å²) in [6.45, 7) is 0.317. The molecule has 2 aromatic heterocycles. The molecule has 0 saturated carbocycles. The molecule has 7 nitrogen and oxygen atoms in total. The van der Waals surface area contributed by atoms with Gasteiger partial charge in [0, 0.05) is 30.2 Å². The molecule has 2 amide bonds. The Morgan fingerprint density at radius 3 is 2.81 bits per heavy atom. The summed E-state index contributed by atoms with van der Waals surface area (Å²) in [6.07, 6.45) is 4.76. The first-order chi connectivity index (χ1) is 12.6.